The van der Waals surface area contributed by atoms with Gasteiger partial charge < -0.3 is 15.1 Å². The zero-order valence-corrected chi connectivity index (χ0v) is 14.3. The third-order valence-electron chi connectivity index (χ3n) is 4.49. The minimum Gasteiger partial charge on any atom is -0.331 e. The lowest BCUT2D eigenvalue weighted by Gasteiger charge is -2.35. The minimum absolute atomic E-state index is 0. The van der Waals surface area contributed by atoms with Crippen molar-refractivity contribution in [2.45, 2.75) is 6.18 Å². The number of amides is 2. The van der Waals surface area contributed by atoms with E-state index in [2.05, 4.69) is 10.4 Å². The van der Waals surface area contributed by atoms with Gasteiger partial charge in [0, 0.05) is 39.4 Å². The number of aromatic nitrogens is 2. The maximum Gasteiger partial charge on any atom is 0.393 e. The van der Waals surface area contributed by atoms with E-state index in [1.165, 1.54) is 16.0 Å². The maximum atomic E-state index is 13.0. The second-order valence-electron chi connectivity index (χ2n) is 6.09. The van der Waals surface area contributed by atoms with Gasteiger partial charge in [0.25, 0.3) is 0 Å². The van der Waals surface area contributed by atoms with Gasteiger partial charge in [-0.25, -0.2) is 0 Å². The van der Waals surface area contributed by atoms with E-state index in [1.54, 1.807) is 17.9 Å². The molecule has 0 radical (unpaired) electrons. The van der Waals surface area contributed by atoms with Crippen molar-refractivity contribution in [1.82, 2.24) is 20.0 Å². The fourth-order valence-corrected chi connectivity index (χ4v) is 3.20. The van der Waals surface area contributed by atoms with E-state index in [4.69, 9.17) is 0 Å². The average Bonchev–Trinajstić information content (AvgIpc) is 3.14. The number of halogens is 4. The molecule has 140 valence electrons. The lowest BCUT2D eigenvalue weighted by atomic mass is 9.93. The van der Waals surface area contributed by atoms with E-state index in [9.17, 15) is 22.8 Å². The summed E-state index contributed by atoms with van der Waals surface area (Å²) in [7, 11) is 1.72. The summed E-state index contributed by atoms with van der Waals surface area (Å²) in [4.78, 5) is 27.4. The molecule has 0 spiro atoms. The number of hydrogen-bond acceptors (Lipinski definition) is 4. The van der Waals surface area contributed by atoms with E-state index in [0.717, 1.165) is 0 Å². The van der Waals surface area contributed by atoms with Crippen molar-refractivity contribution in [1.29, 1.82) is 0 Å². The minimum atomic E-state index is -4.43. The largest absolute Gasteiger partial charge is 0.393 e. The molecule has 2 amide bonds. The topological polar surface area (TPSA) is 70.5 Å². The molecule has 11 heteroatoms. The van der Waals surface area contributed by atoms with Crippen LogP contribution in [-0.2, 0) is 16.6 Å². The van der Waals surface area contributed by atoms with Crippen LogP contribution >= 0.6 is 12.4 Å². The van der Waals surface area contributed by atoms with Crippen LogP contribution in [0.3, 0.4) is 0 Å². The monoisotopic (exact) mass is 381 g/mol. The van der Waals surface area contributed by atoms with Crippen LogP contribution in [-0.4, -0.2) is 65.4 Å². The van der Waals surface area contributed by atoms with E-state index >= 15 is 0 Å². The van der Waals surface area contributed by atoms with E-state index in [0.29, 0.717) is 5.69 Å². The first-order chi connectivity index (χ1) is 11.3. The Bertz CT molecular complexity index is 651. The van der Waals surface area contributed by atoms with E-state index in [-0.39, 0.29) is 51.0 Å². The number of rotatable bonds is 2. The van der Waals surface area contributed by atoms with Crippen LogP contribution in [0.2, 0.25) is 0 Å². The molecule has 3 heterocycles. The Balaban J connectivity index is 0.00000225. The van der Waals surface area contributed by atoms with E-state index in [1.807, 2.05) is 0 Å². The molecule has 1 aromatic heterocycles. The molecule has 2 aliphatic rings. The van der Waals surface area contributed by atoms with Crippen molar-refractivity contribution < 1.29 is 22.8 Å². The second-order valence-corrected chi connectivity index (χ2v) is 6.09. The van der Waals surface area contributed by atoms with Crippen molar-refractivity contribution in [3.63, 3.8) is 0 Å². The van der Waals surface area contributed by atoms with E-state index < -0.39 is 23.9 Å². The van der Waals surface area contributed by atoms with Crippen LogP contribution in [0.15, 0.2) is 12.4 Å². The highest BCUT2D eigenvalue weighted by atomic mass is 35.5. The van der Waals surface area contributed by atoms with Gasteiger partial charge in [0.2, 0.25) is 11.8 Å². The SMILES string of the molecule is Cl.Cn1cc(N2CCN(C(=O)[C@@H]3CNC[C@H]3C(F)(F)F)CC2=O)cn1. The standard InChI is InChI=1S/C14H18F3N5O2.ClH/c1-20-7-9(4-19-20)22-3-2-21(8-12(22)23)13(24)10-5-18-6-11(10)14(15,16)17;/h4,7,10-11,18H,2-3,5-6,8H2,1H3;1H/t10-,11-;/m1./s1. The van der Waals surface area contributed by atoms with Crippen molar-refractivity contribution >= 4 is 29.9 Å². The number of carbonyl (C=O) groups excluding carboxylic acids is 2. The molecule has 0 saturated carbocycles. The van der Waals surface area contributed by atoms with Crippen molar-refractivity contribution in [2.24, 2.45) is 18.9 Å². The Kier molecular flexibility index (Phi) is 5.62. The number of piperazine rings is 1. The molecule has 2 atom stereocenters. The van der Waals surface area contributed by atoms with Gasteiger partial charge in [-0.15, -0.1) is 12.4 Å². The number of alkyl halides is 3. The molecule has 0 bridgehead atoms. The summed E-state index contributed by atoms with van der Waals surface area (Å²) in [6.07, 6.45) is -1.21. The average molecular weight is 382 g/mol. The lowest BCUT2D eigenvalue weighted by Crippen LogP contribution is -2.55. The van der Waals surface area contributed by atoms with Crippen molar-refractivity contribution in [3.8, 4) is 0 Å². The molecule has 2 saturated heterocycles. The molecule has 2 fully saturated rings. The van der Waals surface area contributed by atoms with Crippen molar-refractivity contribution in [3.05, 3.63) is 12.4 Å². The first-order valence-electron chi connectivity index (χ1n) is 7.62. The molecule has 2 aliphatic heterocycles. The van der Waals surface area contributed by atoms with Gasteiger partial charge in [0.1, 0.15) is 6.54 Å². The summed E-state index contributed by atoms with van der Waals surface area (Å²) in [5.41, 5.74) is 0.616. The molecule has 0 aromatic carbocycles. The Hall–Kier alpha value is -1.81. The molecule has 25 heavy (non-hydrogen) atoms. The molecule has 1 aromatic rings. The summed E-state index contributed by atoms with van der Waals surface area (Å²) in [5.74, 6) is -3.79. The third-order valence-corrected chi connectivity index (χ3v) is 4.49. The Labute approximate surface area is 148 Å². The number of anilines is 1. The van der Waals surface area contributed by atoms with Crippen LogP contribution < -0.4 is 10.2 Å². The number of hydrogen-bond donors (Lipinski definition) is 1. The molecule has 1 N–H and O–H groups in total. The third kappa shape index (κ3) is 3.90. The van der Waals surface area contributed by atoms with Gasteiger partial charge in [0.05, 0.1) is 23.7 Å². The number of nitrogens with one attached hydrogen (secondary N) is 1. The van der Waals surface area contributed by atoms with Gasteiger partial charge in [-0.2, -0.15) is 18.3 Å². The van der Waals surface area contributed by atoms with Crippen LogP contribution in [0.25, 0.3) is 0 Å². The Morgan fingerprint density at radius 1 is 1.32 bits per heavy atom. The number of nitrogens with zero attached hydrogens (tertiary/aromatic N) is 4. The van der Waals surface area contributed by atoms with Gasteiger partial charge in [-0.05, 0) is 0 Å². The Morgan fingerprint density at radius 3 is 2.60 bits per heavy atom. The van der Waals surface area contributed by atoms with Gasteiger partial charge in [-0.3, -0.25) is 14.3 Å². The van der Waals surface area contributed by atoms with Gasteiger partial charge in [0.15, 0.2) is 0 Å². The second kappa shape index (κ2) is 7.20. The molecular formula is C14H19ClF3N5O2. The van der Waals surface area contributed by atoms with Crippen molar-refractivity contribution in [2.75, 3.05) is 37.6 Å². The molecule has 3 rings (SSSR count). The first-order valence-corrected chi connectivity index (χ1v) is 7.62. The van der Waals surface area contributed by atoms with Crippen LogP contribution in [0, 0.1) is 11.8 Å². The predicted octanol–water partition coefficient (Wildman–Crippen LogP) is 0.415. The zero-order chi connectivity index (χ0) is 17.5. The fourth-order valence-electron chi connectivity index (χ4n) is 3.20. The highest BCUT2D eigenvalue weighted by Gasteiger charge is 2.51. The van der Waals surface area contributed by atoms with Crippen LogP contribution in [0.1, 0.15) is 0 Å². The number of aryl methyl sites for hydroxylation is 1. The summed E-state index contributed by atoms with van der Waals surface area (Å²) in [6.45, 7) is -0.0357. The molecule has 0 aliphatic carbocycles. The summed E-state index contributed by atoms with van der Waals surface area (Å²) < 4.78 is 40.6. The maximum absolute atomic E-state index is 13.0. The zero-order valence-electron chi connectivity index (χ0n) is 13.5. The summed E-state index contributed by atoms with van der Waals surface area (Å²) >= 11 is 0. The summed E-state index contributed by atoms with van der Waals surface area (Å²) in [5, 5.41) is 6.61. The van der Waals surface area contributed by atoms with Crippen LogP contribution in [0.4, 0.5) is 18.9 Å². The Morgan fingerprint density at radius 2 is 2.04 bits per heavy atom. The molecular weight excluding hydrogens is 363 g/mol. The fraction of sp³-hybridized carbons (Fsp3) is 0.643. The van der Waals surface area contributed by atoms with Crippen LogP contribution in [0.5, 0.6) is 0 Å². The highest BCUT2D eigenvalue weighted by Crippen LogP contribution is 2.35. The number of carbonyl (C=O) groups is 2. The first kappa shape index (κ1) is 19.5. The smallest absolute Gasteiger partial charge is 0.331 e. The molecule has 7 nitrogen and oxygen atoms in total. The summed E-state index contributed by atoms with van der Waals surface area (Å²) in [6, 6.07) is 0. The molecule has 0 unspecified atom stereocenters. The predicted molar refractivity (Wildman–Crippen MR) is 85.3 cm³/mol. The highest BCUT2D eigenvalue weighted by molar-refractivity contribution is 5.98. The normalized spacial score (nSPS) is 24.4. The lowest BCUT2D eigenvalue weighted by molar-refractivity contribution is -0.185. The quantitative estimate of drug-likeness (QED) is 0.806. The van der Waals surface area contributed by atoms with Gasteiger partial charge in [-0.1, -0.05) is 0 Å². The van der Waals surface area contributed by atoms with Gasteiger partial charge >= 0.3 is 6.18 Å².